The summed E-state index contributed by atoms with van der Waals surface area (Å²) in [4.78, 5) is 14.6. The maximum absolute atomic E-state index is 12.6. The SMILES string of the molecule is CCNC(CCN(C)C)(C(=O)OCC)c1ccccc1. The van der Waals surface area contributed by atoms with Crippen molar-refractivity contribution < 1.29 is 9.53 Å². The molecule has 0 spiro atoms. The van der Waals surface area contributed by atoms with Crippen LogP contribution < -0.4 is 5.32 Å². The van der Waals surface area contributed by atoms with Crippen LogP contribution in [0.3, 0.4) is 0 Å². The molecule has 0 heterocycles. The van der Waals surface area contributed by atoms with E-state index in [4.69, 9.17) is 4.74 Å². The van der Waals surface area contributed by atoms with E-state index in [-0.39, 0.29) is 5.97 Å². The van der Waals surface area contributed by atoms with Crippen molar-refractivity contribution in [2.75, 3.05) is 33.8 Å². The Hall–Kier alpha value is -1.39. The van der Waals surface area contributed by atoms with E-state index in [1.54, 1.807) is 0 Å². The smallest absolute Gasteiger partial charge is 0.331 e. The molecule has 0 bridgehead atoms. The number of rotatable bonds is 8. The summed E-state index contributed by atoms with van der Waals surface area (Å²) in [5, 5.41) is 3.35. The highest BCUT2D eigenvalue weighted by Gasteiger charge is 2.40. The molecule has 0 saturated carbocycles. The van der Waals surface area contributed by atoms with Gasteiger partial charge < -0.3 is 9.64 Å². The molecule has 0 aliphatic heterocycles. The topological polar surface area (TPSA) is 41.6 Å². The second-order valence-electron chi connectivity index (χ2n) is 5.08. The molecule has 0 aromatic heterocycles. The van der Waals surface area contributed by atoms with Gasteiger partial charge in [0.05, 0.1) is 6.61 Å². The number of benzene rings is 1. The zero-order valence-electron chi connectivity index (χ0n) is 13.0. The molecule has 1 aromatic carbocycles. The number of carbonyl (C=O) groups is 1. The van der Waals surface area contributed by atoms with Gasteiger partial charge in [-0.05, 0) is 39.5 Å². The van der Waals surface area contributed by atoms with E-state index in [0.717, 1.165) is 12.1 Å². The molecule has 1 rings (SSSR count). The van der Waals surface area contributed by atoms with E-state index in [2.05, 4.69) is 10.2 Å². The first-order chi connectivity index (χ1) is 9.56. The average Bonchev–Trinajstić information content (AvgIpc) is 2.44. The molecule has 0 saturated heterocycles. The molecule has 0 fully saturated rings. The van der Waals surface area contributed by atoms with Crippen LogP contribution in [0.15, 0.2) is 30.3 Å². The lowest BCUT2D eigenvalue weighted by Crippen LogP contribution is -2.51. The summed E-state index contributed by atoms with van der Waals surface area (Å²) < 4.78 is 5.33. The zero-order valence-corrected chi connectivity index (χ0v) is 13.0. The van der Waals surface area contributed by atoms with Crippen LogP contribution in [0.25, 0.3) is 0 Å². The van der Waals surface area contributed by atoms with Crippen LogP contribution in [0.1, 0.15) is 25.8 Å². The van der Waals surface area contributed by atoms with Crippen molar-refractivity contribution in [3.63, 3.8) is 0 Å². The molecule has 1 N–H and O–H groups in total. The summed E-state index contributed by atoms with van der Waals surface area (Å²) in [5.41, 5.74) is 0.193. The minimum Gasteiger partial charge on any atom is -0.464 e. The molecule has 0 aliphatic carbocycles. The lowest BCUT2D eigenvalue weighted by Gasteiger charge is -2.33. The molecular weight excluding hydrogens is 252 g/mol. The number of nitrogens with zero attached hydrogens (tertiary/aromatic N) is 1. The van der Waals surface area contributed by atoms with Crippen LogP contribution in [-0.2, 0) is 15.1 Å². The lowest BCUT2D eigenvalue weighted by atomic mass is 9.86. The highest BCUT2D eigenvalue weighted by Crippen LogP contribution is 2.27. The quantitative estimate of drug-likeness (QED) is 0.739. The molecule has 20 heavy (non-hydrogen) atoms. The van der Waals surface area contributed by atoms with E-state index in [1.165, 1.54) is 0 Å². The summed E-state index contributed by atoms with van der Waals surface area (Å²) >= 11 is 0. The summed E-state index contributed by atoms with van der Waals surface area (Å²) in [6.07, 6.45) is 0.677. The van der Waals surface area contributed by atoms with Gasteiger partial charge in [0.1, 0.15) is 5.54 Å². The fourth-order valence-electron chi connectivity index (χ4n) is 2.30. The van der Waals surface area contributed by atoms with Crippen molar-refractivity contribution in [1.29, 1.82) is 0 Å². The fraction of sp³-hybridized carbons (Fsp3) is 0.562. The molecule has 0 radical (unpaired) electrons. The fourth-order valence-corrected chi connectivity index (χ4v) is 2.30. The molecule has 112 valence electrons. The Labute approximate surface area is 122 Å². The van der Waals surface area contributed by atoms with Crippen molar-refractivity contribution in [2.24, 2.45) is 0 Å². The minimum atomic E-state index is -0.768. The standard InChI is InChI=1S/C16H26N2O2/c1-5-17-16(12-13-18(3)4,15(19)20-6-2)14-10-8-7-9-11-14/h7-11,17H,5-6,12-13H2,1-4H3. The molecule has 0 amide bonds. The molecular formula is C16H26N2O2. The number of hydrogen-bond acceptors (Lipinski definition) is 4. The van der Waals surface area contributed by atoms with Gasteiger partial charge in [0.2, 0.25) is 0 Å². The number of esters is 1. The van der Waals surface area contributed by atoms with Gasteiger partial charge in [0.25, 0.3) is 0 Å². The Kier molecular flexibility index (Phi) is 6.68. The van der Waals surface area contributed by atoms with E-state index >= 15 is 0 Å². The number of nitrogens with one attached hydrogen (secondary N) is 1. The lowest BCUT2D eigenvalue weighted by molar-refractivity contribution is -0.152. The van der Waals surface area contributed by atoms with Gasteiger partial charge >= 0.3 is 5.97 Å². The first-order valence-electron chi connectivity index (χ1n) is 7.19. The van der Waals surface area contributed by atoms with E-state index < -0.39 is 5.54 Å². The molecule has 4 nitrogen and oxygen atoms in total. The van der Waals surface area contributed by atoms with Crippen molar-refractivity contribution in [3.8, 4) is 0 Å². The number of likely N-dealkylation sites (N-methyl/N-ethyl adjacent to an activating group) is 1. The zero-order chi connectivity index (χ0) is 15.0. The highest BCUT2D eigenvalue weighted by molar-refractivity contribution is 5.82. The second-order valence-corrected chi connectivity index (χ2v) is 5.08. The number of ether oxygens (including phenoxy) is 1. The second kappa shape index (κ2) is 8.02. The Morgan fingerprint density at radius 1 is 1.25 bits per heavy atom. The van der Waals surface area contributed by atoms with Crippen LogP contribution in [0.4, 0.5) is 0 Å². The molecule has 1 atom stereocenters. The van der Waals surface area contributed by atoms with Crippen LogP contribution in [0.5, 0.6) is 0 Å². The monoisotopic (exact) mass is 278 g/mol. The van der Waals surface area contributed by atoms with Crippen LogP contribution in [0, 0.1) is 0 Å². The third-order valence-corrected chi connectivity index (χ3v) is 3.30. The van der Waals surface area contributed by atoms with Crippen LogP contribution in [0.2, 0.25) is 0 Å². The van der Waals surface area contributed by atoms with Gasteiger partial charge in [-0.2, -0.15) is 0 Å². The first kappa shape index (κ1) is 16.7. The third kappa shape index (κ3) is 4.05. The van der Waals surface area contributed by atoms with Gasteiger partial charge in [-0.15, -0.1) is 0 Å². The largest absolute Gasteiger partial charge is 0.464 e. The van der Waals surface area contributed by atoms with Crippen molar-refractivity contribution in [1.82, 2.24) is 10.2 Å². The summed E-state index contributed by atoms with van der Waals surface area (Å²) in [5.74, 6) is -0.199. The molecule has 1 aromatic rings. The minimum absolute atomic E-state index is 0.199. The average molecular weight is 278 g/mol. The van der Waals surface area contributed by atoms with E-state index in [0.29, 0.717) is 19.6 Å². The predicted octanol–water partition coefficient (Wildman–Crippen LogP) is 2.01. The highest BCUT2D eigenvalue weighted by atomic mass is 16.5. The van der Waals surface area contributed by atoms with Gasteiger partial charge in [-0.1, -0.05) is 37.3 Å². The van der Waals surface area contributed by atoms with Crippen molar-refractivity contribution >= 4 is 5.97 Å². The Bertz CT molecular complexity index is 406. The third-order valence-electron chi connectivity index (χ3n) is 3.30. The maximum atomic E-state index is 12.6. The Balaban J connectivity index is 3.15. The Morgan fingerprint density at radius 3 is 2.40 bits per heavy atom. The molecule has 1 unspecified atom stereocenters. The summed E-state index contributed by atoms with van der Waals surface area (Å²) in [6, 6.07) is 9.83. The predicted molar refractivity (Wildman–Crippen MR) is 81.6 cm³/mol. The number of carbonyl (C=O) groups excluding carboxylic acids is 1. The summed E-state index contributed by atoms with van der Waals surface area (Å²) in [7, 11) is 4.01. The van der Waals surface area contributed by atoms with E-state index in [1.807, 2.05) is 58.3 Å². The van der Waals surface area contributed by atoms with E-state index in [9.17, 15) is 4.79 Å². The molecule has 0 aliphatic rings. The van der Waals surface area contributed by atoms with Crippen molar-refractivity contribution in [3.05, 3.63) is 35.9 Å². The summed E-state index contributed by atoms with van der Waals surface area (Å²) in [6.45, 7) is 5.75. The van der Waals surface area contributed by atoms with Crippen LogP contribution in [-0.4, -0.2) is 44.7 Å². The molecule has 4 heteroatoms. The maximum Gasteiger partial charge on any atom is 0.331 e. The van der Waals surface area contributed by atoms with Gasteiger partial charge in [-0.25, -0.2) is 4.79 Å². The van der Waals surface area contributed by atoms with Gasteiger partial charge in [-0.3, -0.25) is 5.32 Å². The van der Waals surface area contributed by atoms with Gasteiger partial charge in [0, 0.05) is 6.54 Å². The first-order valence-corrected chi connectivity index (χ1v) is 7.19. The number of hydrogen-bond donors (Lipinski definition) is 1. The van der Waals surface area contributed by atoms with Crippen LogP contribution >= 0.6 is 0 Å². The van der Waals surface area contributed by atoms with Gasteiger partial charge in [0.15, 0.2) is 0 Å². The van der Waals surface area contributed by atoms with Crippen molar-refractivity contribution in [2.45, 2.75) is 25.8 Å². The normalized spacial score (nSPS) is 14.1. The Morgan fingerprint density at radius 2 is 1.90 bits per heavy atom.